The molecule has 0 heterocycles. The van der Waals surface area contributed by atoms with Gasteiger partial charge in [0.1, 0.15) is 0 Å². The van der Waals surface area contributed by atoms with Crippen LogP contribution in [0.25, 0.3) is 0 Å². The first-order chi connectivity index (χ1) is 6.33. The van der Waals surface area contributed by atoms with Gasteiger partial charge < -0.3 is 0 Å². The van der Waals surface area contributed by atoms with Crippen molar-refractivity contribution in [3.8, 4) is 5.92 Å². The van der Waals surface area contributed by atoms with Crippen molar-refractivity contribution in [3.63, 3.8) is 0 Å². The molecule has 0 N–H and O–H groups in total. The van der Waals surface area contributed by atoms with E-state index in [0.29, 0.717) is 0 Å². The summed E-state index contributed by atoms with van der Waals surface area (Å²) in [5.74, 6) is 2.41. The number of aryl methyl sites for hydroxylation is 2. The molecule has 0 saturated heterocycles. The lowest BCUT2D eigenvalue weighted by Crippen LogP contribution is -1.85. The molecule has 0 fully saturated rings. The molecule has 0 bridgehead atoms. The summed E-state index contributed by atoms with van der Waals surface area (Å²) in [6, 6.07) is 8.67. The van der Waals surface area contributed by atoms with Gasteiger partial charge in [0, 0.05) is 6.42 Å². The number of unbranched alkanes of at least 4 members (excludes halogenated alkanes) is 2. The lowest BCUT2D eigenvalue weighted by atomic mass is 10.1. The van der Waals surface area contributed by atoms with Crippen LogP contribution in [0.1, 0.15) is 30.4 Å². The summed E-state index contributed by atoms with van der Waals surface area (Å²) >= 11 is 0. The maximum absolute atomic E-state index is 6.76. The van der Waals surface area contributed by atoms with Crippen molar-refractivity contribution in [2.75, 3.05) is 0 Å². The lowest BCUT2D eigenvalue weighted by Gasteiger charge is -2.00. The van der Waals surface area contributed by atoms with E-state index in [1.54, 1.807) is 0 Å². The Bertz CT molecular complexity index is 274. The standard InChI is InChI=1S/C13H15/c1-3-4-5-6-7-13-10-8-12(2)9-11-13/h8-11H,4-7H2,2H3. The van der Waals surface area contributed by atoms with E-state index in [2.05, 4.69) is 37.1 Å². The smallest absolute Gasteiger partial charge is 0.00990 e. The quantitative estimate of drug-likeness (QED) is 0.481. The average Bonchev–Trinajstić information content (AvgIpc) is 2.15. The van der Waals surface area contributed by atoms with Crippen molar-refractivity contribution in [1.29, 1.82) is 0 Å². The van der Waals surface area contributed by atoms with Gasteiger partial charge in [0.15, 0.2) is 0 Å². The minimum Gasteiger partial charge on any atom is -0.0891 e. The summed E-state index contributed by atoms with van der Waals surface area (Å²) in [5, 5.41) is 0. The van der Waals surface area contributed by atoms with Crippen LogP contribution in [0.2, 0.25) is 0 Å². The minimum absolute atomic E-state index is 0.797. The van der Waals surface area contributed by atoms with Gasteiger partial charge in [-0.15, -0.1) is 0 Å². The first-order valence-corrected chi connectivity index (χ1v) is 4.78. The molecule has 1 rings (SSSR count). The van der Waals surface area contributed by atoms with Gasteiger partial charge in [-0.1, -0.05) is 35.7 Å². The van der Waals surface area contributed by atoms with Crippen molar-refractivity contribution in [2.24, 2.45) is 0 Å². The molecule has 0 amide bonds. The molecule has 0 aliphatic carbocycles. The van der Waals surface area contributed by atoms with E-state index in [1.807, 2.05) is 0 Å². The van der Waals surface area contributed by atoms with E-state index in [1.165, 1.54) is 11.1 Å². The molecule has 1 aromatic carbocycles. The second-order valence-electron chi connectivity index (χ2n) is 3.37. The van der Waals surface area contributed by atoms with Crippen molar-refractivity contribution >= 4 is 0 Å². The van der Waals surface area contributed by atoms with Gasteiger partial charge in [-0.2, -0.15) is 0 Å². The van der Waals surface area contributed by atoms with Crippen LogP contribution in [0.3, 0.4) is 0 Å². The minimum atomic E-state index is 0.797. The summed E-state index contributed by atoms with van der Waals surface area (Å²) in [5.41, 5.74) is 2.71. The van der Waals surface area contributed by atoms with E-state index in [-0.39, 0.29) is 0 Å². The van der Waals surface area contributed by atoms with Gasteiger partial charge in [0.2, 0.25) is 0 Å². The molecule has 13 heavy (non-hydrogen) atoms. The van der Waals surface area contributed by atoms with Crippen molar-refractivity contribution in [2.45, 2.75) is 32.6 Å². The van der Waals surface area contributed by atoms with Crippen LogP contribution >= 0.6 is 0 Å². The average molecular weight is 171 g/mol. The highest BCUT2D eigenvalue weighted by Gasteiger charge is 1.92. The third kappa shape index (κ3) is 3.80. The van der Waals surface area contributed by atoms with E-state index in [0.717, 1.165) is 25.7 Å². The van der Waals surface area contributed by atoms with Crippen LogP contribution in [-0.4, -0.2) is 0 Å². The third-order valence-corrected chi connectivity index (χ3v) is 2.14. The molecule has 0 aromatic heterocycles. The SMILES string of the molecule is [C]#CCCCCc1ccc(C)cc1. The van der Waals surface area contributed by atoms with Gasteiger partial charge in [0.05, 0.1) is 0 Å². The Kier molecular flexibility index (Phi) is 4.12. The second-order valence-corrected chi connectivity index (χ2v) is 3.37. The zero-order chi connectivity index (χ0) is 9.52. The van der Waals surface area contributed by atoms with Crippen LogP contribution in [0.4, 0.5) is 0 Å². The zero-order valence-electron chi connectivity index (χ0n) is 8.14. The molecule has 0 aliphatic rings. The molecular weight excluding hydrogens is 156 g/mol. The molecule has 0 heteroatoms. The monoisotopic (exact) mass is 171 g/mol. The summed E-state index contributed by atoms with van der Waals surface area (Å²) in [7, 11) is 0. The van der Waals surface area contributed by atoms with E-state index >= 15 is 0 Å². The Morgan fingerprint density at radius 3 is 2.46 bits per heavy atom. The van der Waals surface area contributed by atoms with Crippen molar-refractivity contribution < 1.29 is 0 Å². The molecule has 0 saturated carbocycles. The van der Waals surface area contributed by atoms with Crippen molar-refractivity contribution in [1.82, 2.24) is 0 Å². The predicted molar refractivity (Wildman–Crippen MR) is 55.9 cm³/mol. The van der Waals surface area contributed by atoms with Crippen LogP contribution in [0.15, 0.2) is 24.3 Å². The highest BCUT2D eigenvalue weighted by molar-refractivity contribution is 5.21. The maximum atomic E-state index is 6.76. The summed E-state index contributed by atoms with van der Waals surface area (Å²) in [6.07, 6.45) is 10.9. The number of hydrogen-bond donors (Lipinski definition) is 0. The first-order valence-electron chi connectivity index (χ1n) is 4.78. The molecule has 0 spiro atoms. The molecular formula is C13H15. The fraction of sp³-hybridized carbons (Fsp3) is 0.385. The van der Waals surface area contributed by atoms with E-state index in [4.69, 9.17) is 6.42 Å². The first kappa shape index (κ1) is 9.86. The fourth-order valence-corrected chi connectivity index (χ4v) is 1.30. The van der Waals surface area contributed by atoms with Gasteiger partial charge in [0.25, 0.3) is 0 Å². The fourth-order valence-electron chi connectivity index (χ4n) is 1.30. The van der Waals surface area contributed by atoms with E-state index in [9.17, 15) is 0 Å². The second kappa shape index (κ2) is 5.43. The molecule has 0 unspecified atom stereocenters. The summed E-state index contributed by atoms with van der Waals surface area (Å²) < 4.78 is 0. The topological polar surface area (TPSA) is 0 Å². The molecule has 0 nitrogen and oxygen atoms in total. The molecule has 0 aliphatic heterocycles. The predicted octanol–water partition coefficient (Wildman–Crippen LogP) is 3.30. The normalized spacial score (nSPS) is 9.54. The van der Waals surface area contributed by atoms with Crippen LogP contribution in [0, 0.1) is 19.3 Å². The summed E-state index contributed by atoms with van der Waals surface area (Å²) in [4.78, 5) is 0. The molecule has 1 aromatic rings. The maximum Gasteiger partial charge on any atom is 0.00990 e. The van der Waals surface area contributed by atoms with Crippen LogP contribution in [0.5, 0.6) is 0 Å². The van der Waals surface area contributed by atoms with Gasteiger partial charge >= 0.3 is 0 Å². The molecule has 67 valence electrons. The number of benzene rings is 1. The largest absolute Gasteiger partial charge is 0.0891 e. The third-order valence-electron chi connectivity index (χ3n) is 2.14. The highest BCUT2D eigenvalue weighted by Crippen LogP contribution is 2.07. The Balaban J connectivity index is 2.30. The number of rotatable bonds is 4. The Labute approximate surface area is 81.0 Å². The van der Waals surface area contributed by atoms with Gasteiger partial charge in [-0.3, -0.25) is 0 Å². The number of hydrogen-bond acceptors (Lipinski definition) is 0. The molecule has 1 radical (unpaired) electrons. The van der Waals surface area contributed by atoms with Crippen LogP contribution in [-0.2, 0) is 6.42 Å². The Morgan fingerprint density at radius 2 is 1.85 bits per heavy atom. The lowest BCUT2D eigenvalue weighted by molar-refractivity contribution is 0.756. The van der Waals surface area contributed by atoms with Gasteiger partial charge in [-0.05, 0) is 38.2 Å². The van der Waals surface area contributed by atoms with Crippen LogP contribution < -0.4 is 0 Å². The van der Waals surface area contributed by atoms with E-state index < -0.39 is 0 Å². The van der Waals surface area contributed by atoms with Crippen molar-refractivity contribution in [3.05, 3.63) is 41.8 Å². The Morgan fingerprint density at radius 1 is 1.15 bits per heavy atom. The highest BCUT2D eigenvalue weighted by atomic mass is 14.0. The Hall–Kier alpha value is -1.22. The molecule has 0 atom stereocenters. The van der Waals surface area contributed by atoms with Gasteiger partial charge in [-0.25, -0.2) is 0 Å². The zero-order valence-corrected chi connectivity index (χ0v) is 8.14. The summed E-state index contributed by atoms with van der Waals surface area (Å²) in [6.45, 7) is 2.10.